The smallest absolute Gasteiger partial charge is 0.149 e. The molecule has 0 aliphatic carbocycles. The van der Waals surface area contributed by atoms with Gasteiger partial charge in [0.1, 0.15) is 5.82 Å². The Labute approximate surface area is 77.7 Å². The summed E-state index contributed by atoms with van der Waals surface area (Å²) in [5, 5.41) is 3.07. The van der Waals surface area contributed by atoms with Gasteiger partial charge in [0, 0.05) is 19.3 Å². The van der Waals surface area contributed by atoms with Gasteiger partial charge in [-0.2, -0.15) is 0 Å². The zero-order valence-corrected chi connectivity index (χ0v) is 7.40. The SMILES string of the molecule is NC/C=C/CNc1ncccc1N. The molecule has 0 radical (unpaired) electrons. The number of hydrogen-bond acceptors (Lipinski definition) is 4. The zero-order chi connectivity index (χ0) is 9.52. The van der Waals surface area contributed by atoms with Crippen molar-refractivity contribution in [1.29, 1.82) is 0 Å². The Morgan fingerprint density at radius 1 is 1.46 bits per heavy atom. The summed E-state index contributed by atoms with van der Waals surface area (Å²) < 4.78 is 0. The van der Waals surface area contributed by atoms with Crippen LogP contribution in [-0.2, 0) is 0 Å². The van der Waals surface area contributed by atoms with Gasteiger partial charge in [-0.15, -0.1) is 0 Å². The summed E-state index contributed by atoms with van der Waals surface area (Å²) in [6.07, 6.45) is 5.52. The Hall–Kier alpha value is -1.55. The summed E-state index contributed by atoms with van der Waals surface area (Å²) in [5.41, 5.74) is 11.6. The van der Waals surface area contributed by atoms with E-state index in [4.69, 9.17) is 11.5 Å². The molecule has 0 saturated heterocycles. The van der Waals surface area contributed by atoms with Gasteiger partial charge in [0.15, 0.2) is 0 Å². The summed E-state index contributed by atoms with van der Waals surface area (Å²) in [6, 6.07) is 3.61. The van der Waals surface area contributed by atoms with Crippen LogP contribution >= 0.6 is 0 Å². The highest BCUT2D eigenvalue weighted by molar-refractivity contribution is 5.60. The Morgan fingerprint density at radius 3 is 3.00 bits per heavy atom. The molecule has 13 heavy (non-hydrogen) atoms. The van der Waals surface area contributed by atoms with E-state index < -0.39 is 0 Å². The van der Waals surface area contributed by atoms with Crippen molar-refractivity contribution in [3.05, 3.63) is 30.5 Å². The van der Waals surface area contributed by atoms with Gasteiger partial charge < -0.3 is 16.8 Å². The number of nitrogens with two attached hydrogens (primary N) is 2. The van der Waals surface area contributed by atoms with Gasteiger partial charge in [-0.1, -0.05) is 12.2 Å². The van der Waals surface area contributed by atoms with E-state index >= 15 is 0 Å². The minimum Gasteiger partial charge on any atom is -0.396 e. The molecule has 0 atom stereocenters. The van der Waals surface area contributed by atoms with Crippen LogP contribution in [0.5, 0.6) is 0 Å². The fraction of sp³-hybridized carbons (Fsp3) is 0.222. The monoisotopic (exact) mass is 178 g/mol. The number of rotatable bonds is 4. The third kappa shape index (κ3) is 3.13. The van der Waals surface area contributed by atoms with Crippen LogP contribution in [-0.4, -0.2) is 18.1 Å². The van der Waals surface area contributed by atoms with Gasteiger partial charge >= 0.3 is 0 Å². The molecule has 5 N–H and O–H groups in total. The van der Waals surface area contributed by atoms with E-state index in [1.165, 1.54) is 0 Å². The van der Waals surface area contributed by atoms with Gasteiger partial charge in [0.2, 0.25) is 0 Å². The van der Waals surface area contributed by atoms with Crippen molar-refractivity contribution in [1.82, 2.24) is 4.98 Å². The van der Waals surface area contributed by atoms with Gasteiger partial charge in [0.25, 0.3) is 0 Å². The second-order valence-electron chi connectivity index (χ2n) is 2.53. The molecule has 0 unspecified atom stereocenters. The summed E-state index contributed by atoms with van der Waals surface area (Å²) in [6.45, 7) is 1.25. The van der Waals surface area contributed by atoms with Crippen molar-refractivity contribution < 1.29 is 0 Å². The van der Waals surface area contributed by atoms with Crippen LogP contribution in [0, 0.1) is 0 Å². The number of pyridine rings is 1. The normalized spacial score (nSPS) is 10.5. The second kappa shape index (κ2) is 5.16. The van der Waals surface area contributed by atoms with Gasteiger partial charge in [-0.25, -0.2) is 4.98 Å². The maximum Gasteiger partial charge on any atom is 0.149 e. The van der Waals surface area contributed by atoms with Crippen LogP contribution in [0.4, 0.5) is 11.5 Å². The predicted octanol–water partition coefficient (Wildman–Crippen LogP) is 0.591. The number of nitrogens with one attached hydrogen (secondary N) is 1. The molecule has 70 valence electrons. The topological polar surface area (TPSA) is 77.0 Å². The molecule has 1 rings (SSSR count). The molecule has 0 aliphatic heterocycles. The third-order valence-corrected chi connectivity index (χ3v) is 1.53. The maximum absolute atomic E-state index is 5.66. The van der Waals surface area contributed by atoms with Crippen LogP contribution in [0.2, 0.25) is 0 Å². The minimum absolute atomic E-state index is 0.555. The van der Waals surface area contributed by atoms with Gasteiger partial charge in [0.05, 0.1) is 5.69 Å². The third-order valence-electron chi connectivity index (χ3n) is 1.53. The Kier molecular flexibility index (Phi) is 3.78. The first-order valence-corrected chi connectivity index (χ1v) is 4.14. The molecule has 1 heterocycles. The van der Waals surface area contributed by atoms with E-state index in [0.29, 0.717) is 24.6 Å². The molecular weight excluding hydrogens is 164 g/mol. The lowest BCUT2D eigenvalue weighted by atomic mass is 10.4. The van der Waals surface area contributed by atoms with Crippen LogP contribution in [0.15, 0.2) is 30.5 Å². The summed E-state index contributed by atoms with van der Waals surface area (Å²) in [5.74, 6) is 0.712. The molecule has 1 aromatic rings. The molecule has 0 aromatic carbocycles. The lowest BCUT2D eigenvalue weighted by Crippen LogP contribution is -2.04. The molecule has 0 bridgehead atoms. The molecule has 0 fully saturated rings. The largest absolute Gasteiger partial charge is 0.396 e. The summed E-state index contributed by atoms with van der Waals surface area (Å²) in [4.78, 5) is 4.07. The van der Waals surface area contributed by atoms with E-state index in [2.05, 4.69) is 10.3 Å². The number of aromatic nitrogens is 1. The van der Waals surface area contributed by atoms with Gasteiger partial charge in [-0.05, 0) is 12.1 Å². The molecular formula is C9H14N4. The van der Waals surface area contributed by atoms with Crippen molar-refractivity contribution in [2.24, 2.45) is 5.73 Å². The van der Waals surface area contributed by atoms with E-state index in [1.54, 1.807) is 12.3 Å². The van der Waals surface area contributed by atoms with Gasteiger partial charge in [-0.3, -0.25) is 0 Å². The minimum atomic E-state index is 0.555. The average Bonchev–Trinajstić information content (AvgIpc) is 2.15. The molecule has 1 aromatic heterocycles. The Balaban J connectivity index is 2.45. The maximum atomic E-state index is 5.66. The molecule has 0 amide bonds. The fourth-order valence-electron chi connectivity index (χ4n) is 0.901. The standard InChI is InChI=1S/C9H14N4/c10-5-1-2-6-12-9-8(11)4-3-7-13-9/h1-4,7H,5-6,10-11H2,(H,12,13)/b2-1+. The highest BCUT2D eigenvalue weighted by atomic mass is 15.0. The zero-order valence-electron chi connectivity index (χ0n) is 7.40. The number of anilines is 2. The van der Waals surface area contributed by atoms with Crippen molar-refractivity contribution in [2.45, 2.75) is 0 Å². The summed E-state index contributed by atoms with van der Waals surface area (Å²) >= 11 is 0. The molecule has 0 aliphatic rings. The van der Waals surface area contributed by atoms with Crippen LogP contribution in [0.3, 0.4) is 0 Å². The van der Waals surface area contributed by atoms with E-state index in [-0.39, 0.29) is 0 Å². The Bertz CT molecular complexity index is 283. The molecule has 4 heteroatoms. The predicted molar refractivity (Wildman–Crippen MR) is 55.3 cm³/mol. The molecule has 0 saturated carbocycles. The van der Waals surface area contributed by atoms with Crippen LogP contribution < -0.4 is 16.8 Å². The van der Waals surface area contributed by atoms with Crippen molar-refractivity contribution in [2.75, 3.05) is 24.1 Å². The lowest BCUT2D eigenvalue weighted by Gasteiger charge is -2.04. The van der Waals surface area contributed by atoms with E-state index in [0.717, 1.165) is 0 Å². The quantitative estimate of drug-likeness (QED) is 0.590. The van der Waals surface area contributed by atoms with Crippen molar-refractivity contribution >= 4 is 11.5 Å². The van der Waals surface area contributed by atoms with E-state index in [9.17, 15) is 0 Å². The van der Waals surface area contributed by atoms with Crippen LogP contribution in [0.25, 0.3) is 0 Å². The second-order valence-corrected chi connectivity index (χ2v) is 2.53. The van der Waals surface area contributed by atoms with Crippen LogP contribution in [0.1, 0.15) is 0 Å². The molecule has 4 nitrogen and oxygen atoms in total. The number of hydrogen-bond donors (Lipinski definition) is 3. The molecule has 0 spiro atoms. The summed E-state index contributed by atoms with van der Waals surface area (Å²) in [7, 11) is 0. The number of nitrogens with zero attached hydrogens (tertiary/aromatic N) is 1. The lowest BCUT2D eigenvalue weighted by molar-refractivity contribution is 1.20. The first kappa shape index (κ1) is 9.54. The highest BCUT2D eigenvalue weighted by Crippen LogP contribution is 2.11. The van der Waals surface area contributed by atoms with Crippen molar-refractivity contribution in [3.8, 4) is 0 Å². The van der Waals surface area contributed by atoms with E-state index in [1.807, 2.05) is 18.2 Å². The highest BCUT2D eigenvalue weighted by Gasteiger charge is 1.94. The Morgan fingerprint density at radius 2 is 2.31 bits per heavy atom. The first-order valence-electron chi connectivity index (χ1n) is 4.14. The fourth-order valence-corrected chi connectivity index (χ4v) is 0.901. The van der Waals surface area contributed by atoms with Crippen molar-refractivity contribution in [3.63, 3.8) is 0 Å². The number of nitrogen functional groups attached to an aromatic ring is 1. The first-order chi connectivity index (χ1) is 6.34. The average molecular weight is 178 g/mol.